The number of amides is 1. The van der Waals surface area contributed by atoms with Crippen LogP contribution in [0, 0.1) is 0 Å². The van der Waals surface area contributed by atoms with Crippen LogP contribution in [0.2, 0.25) is 0 Å². The molecule has 0 fully saturated rings. The number of nitrogens with two attached hydrogens (primary N) is 1. The van der Waals surface area contributed by atoms with E-state index >= 15 is 0 Å². The molecule has 0 bridgehead atoms. The number of hydrogen-bond donors (Lipinski definition) is 4. The minimum Gasteiger partial charge on any atom is -0.481 e. The van der Waals surface area contributed by atoms with Crippen LogP contribution in [0.4, 0.5) is 0 Å². The second-order valence-electron chi connectivity index (χ2n) is 4.72. The molecule has 1 unspecified atom stereocenters. The standard InChI is InChI=1S/C14H16N2O6/c1-8(17)16-10(7-11(18)19)14(15,13(21)22)12(20)9-5-3-2-4-6-9/h2-6,10H,7,15H2,1H3,(H,16,17)(H,18,19)(H,21,22)/t10?,14-/m1/s1. The molecule has 0 spiro atoms. The van der Waals surface area contributed by atoms with E-state index < -0.39 is 41.6 Å². The first kappa shape index (κ1) is 17.3. The van der Waals surface area contributed by atoms with Crippen molar-refractivity contribution in [1.29, 1.82) is 0 Å². The lowest BCUT2D eigenvalue weighted by atomic mass is 9.81. The number of carboxylic acids is 2. The Labute approximate surface area is 125 Å². The summed E-state index contributed by atoms with van der Waals surface area (Å²) < 4.78 is 0. The lowest BCUT2D eigenvalue weighted by Gasteiger charge is -2.31. The van der Waals surface area contributed by atoms with E-state index in [1.165, 1.54) is 24.3 Å². The van der Waals surface area contributed by atoms with E-state index in [2.05, 4.69) is 5.32 Å². The van der Waals surface area contributed by atoms with E-state index in [9.17, 15) is 24.3 Å². The van der Waals surface area contributed by atoms with Crippen LogP contribution < -0.4 is 11.1 Å². The summed E-state index contributed by atoms with van der Waals surface area (Å²) in [5, 5.41) is 20.4. The Morgan fingerprint density at radius 3 is 2.14 bits per heavy atom. The molecular formula is C14H16N2O6. The van der Waals surface area contributed by atoms with Gasteiger partial charge >= 0.3 is 11.9 Å². The van der Waals surface area contributed by atoms with Crippen LogP contribution in [0.5, 0.6) is 0 Å². The van der Waals surface area contributed by atoms with Crippen LogP contribution >= 0.6 is 0 Å². The number of benzene rings is 1. The third kappa shape index (κ3) is 3.67. The van der Waals surface area contributed by atoms with Gasteiger partial charge < -0.3 is 21.3 Å². The summed E-state index contributed by atoms with van der Waals surface area (Å²) in [7, 11) is 0. The average molecular weight is 308 g/mol. The molecule has 0 aliphatic rings. The normalized spacial score (nSPS) is 14.5. The number of nitrogens with one attached hydrogen (secondary N) is 1. The molecule has 0 heterocycles. The minimum absolute atomic E-state index is 0.00754. The Balaban J connectivity index is 3.32. The summed E-state index contributed by atoms with van der Waals surface area (Å²) >= 11 is 0. The maximum Gasteiger partial charge on any atom is 0.334 e. The first-order valence-electron chi connectivity index (χ1n) is 6.30. The zero-order valence-electron chi connectivity index (χ0n) is 11.8. The highest BCUT2D eigenvalue weighted by atomic mass is 16.4. The summed E-state index contributed by atoms with van der Waals surface area (Å²) in [6.45, 7) is 1.07. The van der Waals surface area contributed by atoms with Gasteiger partial charge in [0, 0.05) is 12.5 Å². The first-order chi connectivity index (χ1) is 10.2. The number of carboxylic acid groups (broad SMARTS) is 2. The van der Waals surface area contributed by atoms with Crippen molar-refractivity contribution in [2.45, 2.75) is 24.9 Å². The average Bonchev–Trinajstić information content (AvgIpc) is 2.44. The third-order valence-corrected chi connectivity index (χ3v) is 3.07. The number of carbonyl (C=O) groups is 4. The van der Waals surface area contributed by atoms with E-state index in [1.807, 2.05) is 0 Å². The van der Waals surface area contributed by atoms with Crippen LogP contribution in [-0.4, -0.2) is 45.4 Å². The van der Waals surface area contributed by atoms with Gasteiger partial charge in [0.25, 0.3) is 0 Å². The number of ketones is 1. The first-order valence-corrected chi connectivity index (χ1v) is 6.30. The fourth-order valence-electron chi connectivity index (χ4n) is 1.98. The highest BCUT2D eigenvalue weighted by Crippen LogP contribution is 2.19. The molecule has 0 aliphatic carbocycles. The Hall–Kier alpha value is -2.74. The Morgan fingerprint density at radius 2 is 1.73 bits per heavy atom. The molecule has 0 aliphatic heterocycles. The summed E-state index contributed by atoms with van der Waals surface area (Å²) in [6.07, 6.45) is -0.805. The molecule has 1 aromatic carbocycles. The van der Waals surface area contributed by atoms with Crippen molar-refractivity contribution in [2.24, 2.45) is 5.73 Å². The Morgan fingerprint density at radius 1 is 1.18 bits per heavy atom. The monoisotopic (exact) mass is 308 g/mol. The van der Waals surface area contributed by atoms with E-state index in [-0.39, 0.29) is 5.56 Å². The topological polar surface area (TPSA) is 147 Å². The van der Waals surface area contributed by atoms with E-state index in [4.69, 9.17) is 10.8 Å². The molecule has 2 atom stereocenters. The van der Waals surface area contributed by atoms with Gasteiger partial charge in [-0.05, 0) is 0 Å². The summed E-state index contributed by atoms with van der Waals surface area (Å²) in [5.74, 6) is -4.79. The number of Topliss-reactive ketones (excluding diaryl/α,β-unsaturated/α-hetero) is 1. The molecule has 0 saturated carbocycles. The molecule has 8 heteroatoms. The van der Waals surface area contributed by atoms with Crippen molar-refractivity contribution >= 4 is 23.6 Å². The van der Waals surface area contributed by atoms with Crippen LogP contribution in [0.3, 0.4) is 0 Å². The minimum atomic E-state index is -2.59. The second kappa shape index (κ2) is 6.81. The largest absolute Gasteiger partial charge is 0.481 e. The highest BCUT2D eigenvalue weighted by molar-refractivity contribution is 6.17. The predicted octanol–water partition coefficient (Wildman–Crippen LogP) is -0.369. The number of rotatable bonds is 7. The molecule has 8 nitrogen and oxygen atoms in total. The lowest BCUT2D eigenvalue weighted by Crippen LogP contribution is -2.68. The van der Waals surface area contributed by atoms with E-state index in [1.54, 1.807) is 6.07 Å². The van der Waals surface area contributed by atoms with Crippen molar-refractivity contribution in [2.75, 3.05) is 0 Å². The molecule has 0 saturated heterocycles. The van der Waals surface area contributed by atoms with Crippen LogP contribution in [0.25, 0.3) is 0 Å². The predicted molar refractivity (Wildman–Crippen MR) is 75.2 cm³/mol. The van der Waals surface area contributed by atoms with Gasteiger partial charge in [-0.15, -0.1) is 0 Å². The SMILES string of the molecule is CC(=O)NC(CC(=O)O)[C@](N)(C(=O)O)C(=O)c1ccccc1. The van der Waals surface area contributed by atoms with Gasteiger partial charge in [-0.3, -0.25) is 14.4 Å². The number of carbonyl (C=O) groups excluding carboxylic acids is 2. The van der Waals surface area contributed by atoms with Gasteiger partial charge in [-0.1, -0.05) is 30.3 Å². The van der Waals surface area contributed by atoms with Crippen LogP contribution in [-0.2, 0) is 14.4 Å². The van der Waals surface area contributed by atoms with Gasteiger partial charge in [-0.2, -0.15) is 0 Å². The number of hydrogen-bond acceptors (Lipinski definition) is 5. The fraction of sp³-hybridized carbons (Fsp3) is 0.286. The van der Waals surface area contributed by atoms with Gasteiger partial charge in [0.2, 0.25) is 5.91 Å². The molecule has 1 amide bonds. The van der Waals surface area contributed by atoms with Crippen molar-refractivity contribution < 1.29 is 29.4 Å². The fourth-order valence-corrected chi connectivity index (χ4v) is 1.98. The molecular weight excluding hydrogens is 292 g/mol. The molecule has 118 valence electrons. The molecule has 1 rings (SSSR count). The zero-order valence-corrected chi connectivity index (χ0v) is 11.8. The lowest BCUT2D eigenvalue weighted by molar-refractivity contribution is -0.144. The van der Waals surface area contributed by atoms with E-state index in [0.717, 1.165) is 6.92 Å². The van der Waals surface area contributed by atoms with Crippen molar-refractivity contribution in [3.8, 4) is 0 Å². The van der Waals surface area contributed by atoms with Crippen molar-refractivity contribution in [3.63, 3.8) is 0 Å². The quantitative estimate of drug-likeness (QED) is 0.397. The Kier molecular flexibility index (Phi) is 5.36. The van der Waals surface area contributed by atoms with Crippen molar-refractivity contribution in [1.82, 2.24) is 5.32 Å². The van der Waals surface area contributed by atoms with Crippen molar-refractivity contribution in [3.05, 3.63) is 35.9 Å². The van der Waals surface area contributed by atoms with Gasteiger partial charge in [-0.25, -0.2) is 4.79 Å². The molecule has 0 radical (unpaired) electrons. The Bertz CT molecular complexity index is 585. The molecule has 22 heavy (non-hydrogen) atoms. The van der Waals surface area contributed by atoms with Gasteiger partial charge in [0.15, 0.2) is 11.3 Å². The zero-order chi connectivity index (χ0) is 16.9. The number of aliphatic carboxylic acids is 2. The summed E-state index contributed by atoms with van der Waals surface area (Å²) in [6, 6.07) is 5.78. The van der Waals surface area contributed by atoms with Crippen LogP contribution in [0.1, 0.15) is 23.7 Å². The van der Waals surface area contributed by atoms with Gasteiger partial charge in [0.05, 0.1) is 12.5 Å². The molecule has 5 N–H and O–H groups in total. The third-order valence-electron chi connectivity index (χ3n) is 3.07. The maximum atomic E-state index is 12.5. The molecule has 1 aromatic rings. The van der Waals surface area contributed by atoms with Gasteiger partial charge in [0.1, 0.15) is 0 Å². The van der Waals surface area contributed by atoms with Crippen LogP contribution in [0.15, 0.2) is 30.3 Å². The smallest absolute Gasteiger partial charge is 0.334 e. The highest BCUT2D eigenvalue weighted by Gasteiger charge is 2.50. The second-order valence-corrected chi connectivity index (χ2v) is 4.72. The molecule has 0 aromatic heterocycles. The van der Waals surface area contributed by atoms with E-state index in [0.29, 0.717) is 0 Å². The summed E-state index contributed by atoms with van der Waals surface area (Å²) in [4.78, 5) is 46.1. The maximum absolute atomic E-state index is 12.5. The summed E-state index contributed by atoms with van der Waals surface area (Å²) in [5.41, 5.74) is 3.15.